The number of hydrogen-bond acceptors (Lipinski definition) is 3. The summed E-state index contributed by atoms with van der Waals surface area (Å²) in [5.41, 5.74) is 0.388. The Labute approximate surface area is 127 Å². The van der Waals surface area contributed by atoms with Gasteiger partial charge < -0.3 is 10.4 Å². The third-order valence-electron chi connectivity index (χ3n) is 2.71. The first-order chi connectivity index (χ1) is 10.0. The molecular weight excluding hydrogens is 293 g/mol. The van der Waals surface area contributed by atoms with Gasteiger partial charge in [0.25, 0.3) is 5.91 Å². The molecule has 0 aliphatic rings. The van der Waals surface area contributed by atoms with Gasteiger partial charge in [0.2, 0.25) is 0 Å². The van der Waals surface area contributed by atoms with Crippen LogP contribution in [0.4, 0.5) is 4.39 Å². The van der Waals surface area contributed by atoms with Crippen LogP contribution in [-0.2, 0) is 4.79 Å². The summed E-state index contributed by atoms with van der Waals surface area (Å²) in [5.74, 6) is -1.18. The summed E-state index contributed by atoms with van der Waals surface area (Å²) < 4.78 is 13.6. The summed E-state index contributed by atoms with van der Waals surface area (Å²) in [6.45, 7) is 0.494. The number of carboxylic acids is 1. The minimum Gasteiger partial charge on any atom is -0.478 e. The van der Waals surface area contributed by atoms with Crippen molar-refractivity contribution in [1.29, 1.82) is 0 Å². The summed E-state index contributed by atoms with van der Waals surface area (Å²) in [5, 5.41) is 11.2. The van der Waals surface area contributed by atoms with Gasteiger partial charge >= 0.3 is 5.97 Å². The zero-order valence-corrected chi connectivity index (χ0v) is 12.6. The van der Waals surface area contributed by atoms with E-state index < -0.39 is 17.7 Å². The summed E-state index contributed by atoms with van der Waals surface area (Å²) in [4.78, 5) is 22.3. The van der Waals surface area contributed by atoms with Gasteiger partial charge in [-0.1, -0.05) is 6.07 Å². The second-order valence-electron chi connectivity index (χ2n) is 4.37. The van der Waals surface area contributed by atoms with Crippen molar-refractivity contribution in [3.8, 4) is 0 Å². The van der Waals surface area contributed by atoms with Gasteiger partial charge in [0.05, 0.1) is 5.56 Å². The van der Waals surface area contributed by atoms with Crippen LogP contribution >= 0.6 is 11.8 Å². The third-order valence-corrected chi connectivity index (χ3v) is 3.41. The van der Waals surface area contributed by atoms with Gasteiger partial charge in [-0.2, -0.15) is 11.8 Å². The molecule has 0 saturated heterocycles. The first-order valence-electron chi connectivity index (χ1n) is 6.52. The van der Waals surface area contributed by atoms with E-state index in [1.54, 1.807) is 11.8 Å². The highest BCUT2D eigenvalue weighted by Crippen LogP contribution is 2.12. The maximum absolute atomic E-state index is 13.6. The second kappa shape index (κ2) is 9.18. The lowest BCUT2D eigenvalue weighted by molar-refractivity contribution is -0.131. The number of rotatable bonds is 8. The average Bonchev–Trinajstić information content (AvgIpc) is 2.45. The first kappa shape index (κ1) is 17.2. The molecule has 1 aromatic rings. The first-order valence-corrected chi connectivity index (χ1v) is 7.91. The van der Waals surface area contributed by atoms with Crippen molar-refractivity contribution in [3.63, 3.8) is 0 Å². The van der Waals surface area contributed by atoms with Crippen LogP contribution in [-0.4, -0.2) is 35.5 Å². The van der Waals surface area contributed by atoms with Crippen LogP contribution in [0, 0.1) is 5.82 Å². The van der Waals surface area contributed by atoms with E-state index in [0.29, 0.717) is 12.1 Å². The second-order valence-corrected chi connectivity index (χ2v) is 5.35. The molecule has 0 atom stereocenters. The number of benzene rings is 1. The number of nitrogens with one attached hydrogen (secondary N) is 1. The van der Waals surface area contributed by atoms with Crippen LogP contribution in [0.3, 0.4) is 0 Å². The third kappa shape index (κ3) is 6.44. The molecule has 0 spiro atoms. The highest BCUT2D eigenvalue weighted by atomic mass is 32.2. The summed E-state index contributed by atoms with van der Waals surface area (Å²) in [6, 6.07) is 3.92. The number of halogens is 1. The highest BCUT2D eigenvalue weighted by molar-refractivity contribution is 7.98. The Balaban J connectivity index is 2.65. The SMILES string of the molecule is CSCCCCNC(=O)c1cc(/C=C/C(=O)O)ccc1F. The van der Waals surface area contributed by atoms with Crippen molar-refractivity contribution in [2.45, 2.75) is 12.8 Å². The van der Waals surface area contributed by atoms with Crippen molar-refractivity contribution in [1.82, 2.24) is 5.32 Å². The minimum absolute atomic E-state index is 0.0765. The molecule has 4 nitrogen and oxygen atoms in total. The Hall–Kier alpha value is -1.82. The molecule has 6 heteroatoms. The van der Waals surface area contributed by atoms with Crippen LogP contribution < -0.4 is 5.32 Å². The minimum atomic E-state index is -1.10. The molecule has 0 radical (unpaired) electrons. The van der Waals surface area contributed by atoms with Crippen molar-refractivity contribution >= 4 is 29.7 Å². The van der Waals surface area contributed by atoms with Crippen molar-refractivity contribution in [3.05, 3.63) is 41.2 Å². The van der Waals surface area contributed by atoms with E-state index in [1.807, 2.05) is 6.26 Å². The number of carbonyl (C=O) groups excluding carboxylic acids is 1. The molecular formula is C15H18FNO3S. The molecule has 0 aliphatic heterocycles. The Morgan fingerprint density at radius 1 is 1.38 bits per heavy atom. The molecule has 0 aliphatic carbocycles. The van der Waals surface area contributed by atoms with E-state index in [9.17, 15) is 14.0 Å². The van der Waals surface area contributed by atoms with Gasteiger partial charge in [0.1, 0.15) is 5.82 Å². The fourth-order valence-electron chi connectivity index (χ4n) is 1.66. The number of unbranched alkanes of at least 4 members (excludes halogenated alkanes) is 1. The Kier molecular flexibility index (Phi) is 7.53. The standard InChI is InChI=1S/C15H18FNO3S/c1-21-9-3-2-8-17-15(20)12-10-11(4-6-13(12)16)5-7-14(18)19/h4-7,10H,2-3,8-9H2,1H3,(H,17,20)(H,18,19)/b7-5+. The molecule has 1 aromatic carbocycles. The molecule has 2 N–H and O–H groups in total. The Morgan fingerprint density at radius 2 is 2.14 bits per heavy atom. The number of amides is 1. The monoisotopic (exact) mass is 311 g/mol. The van der Waals surface area contributed by atoms with Gasteiger partial charge in [-0.05, 0) is 48.6 Å². The van der Waals surface area contributed by atoms with E-state index in [-0.39, 0.29) is 5.56 Å². The van der Waals surface area contributed by atoms with Gasteiger partial charge in [0, 0.05) is 12.6 Å². The lowest BCUT2D eigenvalue weighted by Crippen LogP contribution is -2.25. The lowest BCUT2D eigenvalue weighted by Gasteiger charge is -2.07. The predicted octanol–water partition coefficient (Wildman–Crippen LogP) is 2.80. The maximum Gasteiger partial charge on any atom is 0.328 e. The average molecular weight is 311 g/mol. The fourth-order valence-corrected chi connectivity index (χ4v) is 2.15. The molecule has 0 aromatic heterocycles. The van der Waals surface area contributed by atoms with Crippen LogP contribution in [0.25, 0.3) is 6.08 Å². The van der Waals surface area contributed by atoms with Gasteiger partial charge in [-0.3, -0.25) is 4.79 Å². The van der Waals surface area contributed by atoms with Gasteiger partial charge in [-0.15, -0.1) is 0 Å². The topological polar surface area (TPSA) is 66.4 Å². The van der Waals surface area contributed by atoms with Gasteiger partial charge in [-0.25, -0.2) is 9.18 Å². The molecule has 21 heavy (non-hydrogen) atoms. The van der Waals surface area contributed by atoms with E-state index in [2.05, 4.69) is 5.32 Å². The van der Waals surface area contributed by atoms with E-state index >= 15 is 0 Å². The molecule has 0 heterocycles. The molecule has 1 amide bonds. The number of hydrogen-bond donors (Lipinski definition) is 2. The summed E-state index contributed by atoms with van der Waals surface area (Å²) in [6.07, 6.45) is 6.11. The lowest BCUT2D eigenvalue weighted by atomic mass is 10.1. The van der Waals surface area contributed by atoms with E-state index in [0.717, 1.165) is 30.7 Å². The van der Waals surface area contributed by atoms with Crippen LogP contribution in [0.5, 0.6) is 0 Å². The zero-order valence-electron chi connectivity index (χ0n) is 11.8. The number of aliphatic carboxylic acids is 1. The predicted molar refractivity (Wildman–Crippen MR) is 83.0 cm³/mol. The van der Waals surface area contributed by atoms with Gasteiger partial charge in [0.15, 0.2) is 0 Å². The smallest absolute Gasteiger partial charge is 0.328 e. The molecule has 0 fully saturated rings. The quantitative estimate of drug-likeness (QED) is 0.572. The highest BCUT2D eigenvalue weighted by Gasteiger charge is 2.11. The number of carboxylic acid groups (broad SMARTS) is 1. The van der Waals surface area contributed by atoms with E-state index in [1.165, 1.54) is 18.2 Å². The molecule has 0 bridgehead atoms. The Morgan fingerprint density at radius 3 is 2.81 bits per heavy atom. The molecule has 0 unspecified atom stereocenters. The Bertz CT molecular complexity index is 532. The number of carbonyl (C=O) groups is 2. The molecule has 1 rings (SSSR count). The zero-order chi connectivity index (χ0) is 15.7. The van der Waals surface area contributed by atoms with Crippen LogP contribution in [0.2, 0.25) is 0 Å². The summed E-state index contributed by atoms with van der Waals surface area (Å²) >= 11 is 1.74. The van der Waals surface area contributed by atoms with Crippen LogP contribution in [0.15, 0.2) is 24.3 Å². The van der Waals surface area contributed by atoms with E-state index in [4.69, 9.17) is 5.11 Å². The van der Waals surface area contributed by atoms with Crippen molar-refractivity contribution in [2.75, 3.05) is 18.6 Å². The van der Waals surface area contributed by atoms with Crippen molar-refractivity contribution in [2.24, 2.45) is 0 Å². The maximum atomic E-state index is 13.6. The molecule has 114 valence electrons. The normalized spacial score (nSPS) is 10.8. The largest absolute Gasteiger partial charge is 0.478 e. The van der Waals surface area contributed by atoms with Crippen molar-refractivity contribution < 1.29 is 19.1 Å². The molecule has 0 saturated carbocycles. The fraction of sp³-hybridized carbons (Fsp3) is 0.333. The van der Waals surface area contributed by atoms with Crippen LogP contribution in [0.1, 0.15) is 28.8 Å². The summed E-state index contributed by atoms with van der Waals surface area (Å²) in [7, 11) is 0. The number of thioether (sulfide) groups is 1.